The van der Waals surface area contributed by atoms with Crippen molar-refractivity contribution in [2.24, 2.45) is 0 Å². The van der Waals surface area contributed by atoms with E-state index in [9.17, 15) is 14.4 Å². The van der Waals surface area contributed by atoms with Gasteiger partial charge in [-0.05, 0) is 11.1 Å². The summed E-state index contributed by atoms with van der Waals surface area (Å²) in [5.41, 5.74) is -0.895. The summed E-state index contributed by atoms with van der Waals surface area (Å²) >= 11 is 3.07. The minimum atomic E-state index is -0.732. The molecule has 0 saturated carbocycles. The fourth-order valence-electron chi connectivity index (χ4n) is 2.38. The zero-order valence-electron chi connectivity index (χ0n) is 12.2. The van der Waals surface area contributed by atoms with Crippen LogP contribution in [0.25, 0.3) is 6.08 Å². The average molecular weight is 384 g/mol. The number of carbonyl (C=O) groups excluding carboxylic acids is 1. The van der Waals surface area contributed by atoms with Gasteiger partial charge < -0.3 is 9.47 Å². The van der Waals surface area contributed by atoms with Crippen LogP contribution >= 0.6 is 15.9 Å². The molecule has 3 atom stereocenters. The number of aromatic nitrogens is 2. The molecule has 9 heteroatoms. The third-order valence-corrected chi connectivity index (χ3v) is 3.60. The number of ether oxygens (including phenoxy) is 2. The van der Waals surface area contributed by atoms with Crippen LogP contribution in [0.1, 0.15) is 31.6 Å². The summed E-state index contributed by atoms with van der Waals surface area (Å²) in [5.74, 6) is -0.487. The van der Waals surface area contributed by atoms with Crippen molar-refractivity contribution in [3.05, 3.63) is 37.6 Å². The Morgan fingerprint density at radius 2 is 2.39 bits per heavy atom. The number of aromatic amines is 1. The van der Waals surface area contributed by atoms with Crippen LogP contribution in [0, 0.1) is 11.3 Å². The Morgan fingerprint density at radius 1 is 1.65 bits per heavy atom. The first-order chi connectivity index (χ1) is 11.0. The molecule has 0 aliphatic carbocycles. The van der Waals surface area contributed by atoms with Gasteiger partial charge in [-0.1, -0.05) is 15.9 Å². The molecule has 1 N–H and O–H groups in total. The number of halogens is 1. The summed E-state index contributed by atoms with van der Waals surface area (Å²) < 4.78 is 12.0. The molecule has 23 heavy (non-hydrogen) atoms. The molecule has 2 heterocycles. The van der Waals surface area contributed by atoms with Gasteiger partial charge in [0.05, 0.1) is 18.1 Å². The van der Waals surface area contributed by atoms with Crippen LogP contribution < -0.4 is 11.2 Å². The largest absolute Gasteiger partial charge is 0.460 e. The zero-order chi connectivity index (χ0) is 17.0. The van der Waals surface area contributed by atoms with Crippen LogP contribution in [-0.4, -0.2) is 27.7 Å². The minimum Gasteiger partial charge on any atom is -0.460 e. The van der Waals surface area contributed by atoms with E-state index < -0.39 is 35.7 Å². The predicted molar refractivity (Wildman–Crippen MR) is 83.6 cm³/mol. The first-order valence-electron chi connectivity index (χ1n) is 6.78. The Kier molecular flexibility index (Phi) is 5.52. The second-order valence-electron chi connectivity index (χ2n) is 4.92. The van der Waals surface area contributed by atoms with Crippen LogP contribution in [0.3, 0.4) is 0 Å². The van der Waals surface area contributed by atoms with Crippen molar-refractivity contribution in [1.29, 1.82) is 5.26 Å². The van der Waals surface area contributed by atoms with Gasteiger partial charge in [0, 0.05) is 19.5 Å². The highest BCUT2D eigenvalue weighted by molar-refractivity contribution is 9.11. The summed E-state index contributed by atoms with van der Waals surface area (Å²) in [6, 6.07) is 1.96. The standard InChI is InChI=1S/C14H14BrN3O5/c1-8(19)22-11-6-12(23-10(11)3-5-16)18-7-9(2-4-15)13(20)17-14(18)21/h2,4,7,10-12H,3,6H2,1H3,(H,17,20,21)/b4-2+/t10-,11?,12-/m0/s1. The van der Waals surface area contributed by atoms with Gasteiger partial charge in [-0.25, -0.2) is 4.79 Å². The lowest BCUT2D eigenvalue weighted by Crippen LogP contribution is -2.33. The molecule has 0 radical (unpaired) electrons. The third kappa shape index (κ3) is 3.97. The van der Waals surface area contributed by atoms with Crippen molar-refractivity contribution in [3.8, 4) is 6.07 Å². The second-order valence-corrected chi connectivity index (χ2v) is 5.45. The van der Waals surface area contributed by atoms with Gasteiger partial charge >= 0.3 is 11.7 Å². The predicted octanol–water partition coefficient (Wildman–Crippen LogP) is 1.04. The average Bonchev–Trinajstić information content (AvgIpc) is 2.84. The molecule has 1 aromatic rings. The van der Waals surface area contributed by atoms with Gasteiger partial charge in [0.1, 0.15) is 18.4 Å². The van der Waals surface area contributed by atoms with Crippen molar-refractivity contribution in [1.82, 2.24) is 9.55 Å². The maximum atomic E-state index is 12.0. The Labute approximate surface area is 139 Å². The molecule has 8 nitrogen and oxygen atoms in total. The molecule has 1 aliphatic rings. The van der Waals surface area contributed by atoms with Gasteiger partial charge in [0.2, 0.25) is 0 Å². The fourth-order valence-corrected chi connectivity index (χ4v) is 2.67. The Balaban J connectivity index is 2.34. The van der Waals surface area contributed by atoms with Crippen LogP contribution in [0.5, 0.6) is 0 Å². The van der Waals surface area contributed by atoms with E-state index in [2.05, 4.69) is 20.9 Å². The summed E-state index contributed by atoms with van der Waals surface area (Å²) in [7, 11) is 0. The monoisotopic (exact) mass is 383 g/mol. The Morgan fingerprint density at radius 3 is 3.00 bits per heavy atom. The van der Waals surface area contributed by atoms with E-state index in [4.69, 9.17) is 14.7 Å². The van der Waals surface area contributed by atoms with Crippen LogP contribution in [-0.2, 0) is 14.3 Å². The highest BCUT2D eigenvalue weighted by Crippen LogP contribution is 2.31. The highest BCUT2D eigenvalue weighted by atomic mass is 79.9. The first-order valence-corrected chi connectivity index (χ1v) is 7.69. The van der Waals surface area contributed by atoms with Crippen LogP contribution in [0.15, 0.2) is 20.8 Å². The van der Waals surface area contributed by atoms with Crippen LogP contribution in [0.4, 0.5) is 0 Å². The molecule has 0 spiro atoms. The lowest BCUT2D eigenvalue weighted by Gasteiger charge is -2.15. The molecular formula is C14H14BrN3O5. The van der Waals surface area contributed by atoms with Crippen molar-refractivity contribution in [3.63, 3.8) is 0 Å². The molecular weight excluding hydrogens is 370 g/mol. The SMILES string of the molecule is CC(=O)OC1C[C@@H](n2cc(/C=C/Br)c(=O)[nH]c2=O)O[C@H]1CC#N. The maximum Gasteiger partial charge on any atom is 0.330 e. The van der Waals surface area contributed by atoms with E-state index >= 15 is 0 Å². The summed E-state index contributed by atoms with van der Waals surface area (Å²) in [4.78, 5) is 38.5. The number of nitrogens with one attached hydrogen (secondary N) is 1. The summed E-state index contributed by atoms with van der Waals surface area (Å²) in [6.07, 6.45) is 1.12. The molecule has 1 aliphatic heterocycles. The summed E-state index contributed by atoms with van der Waals surface area (Å²) in [5, 5.41) is 8.84. The van der Waals surface area contributed by atoms with E-state index in [0.29, 0.717) is 0 Å². The minimum absolute atomic E-state index is 0.0285. The molecule has 1 fully saturated rings. The number of H-pyrrole nitrogens is 1. The molecule has 0 aromatic carbocycles. The Hall–Kier alpha value is -2.18. The molecule has 0 bridgehead atoms. The van der Waals surface area contributed by atoms with E-state index in [-0.39, 0.29) is 18.4 Å². The fraction of sp³-hybridized carbons (Fsp3) is 0.429. The molecule has 1 aromatic heterocycles. The van der Waals surface area contributed by atoms with Crippen molar-refractivity contribution in [2.75, 3.05) is 0 Å². The van der Waals surface area contributed by atoms with E-state index in [1.54, 1.807) is 0 Å². The second kappa shape index (κ2) is 7.39. The smallest absolute Gasteiger partial charge is 0.330 e. The third-order valence-electron chi connectivity index (χ3n) is 3.34. The number of nitriles is 1. The van der Waals surface area contributed by atoms with E-state index in [1.165, 1.54) is 28.7 Å². The van der Waals surface area contributed by atoms with Crippen LogP contribution in [0.2, 0.25) is 0 Å². The van der Waals surface area contributed by atoms with Gasteiger partial charge in [-0.15, -0.1) is 0 Å². The van der Waals surface area contributed by atoms with E-state index in [0.717, 1.165) is 0 Å². The van der Waals surface area contributed by atoms with Gasteiger partial charge in [-0.2, -0.15) is 5.26 Å². The van der Waals surface area contributed by atoms with Crippen molar-refractivity contribution < 1.29 is 14.3 Å². The van der Waals surface area contributed by atoms with Gasteiger partial charge in [0.15, 0.2) is 0 Å². The van der Waals surface area contributed by atoms with E-state index in [1.807, 2.05) is 6.07 Å². The number of rotatable bonds is 4. The van der Waals surface area contributed by atoms with Crippen molar-refractivity contribution in [2.45, 2.75) is 38.2 Å². The number of hydrogen-bond acceptors (Lipinski definition) is 6. The topological polar surface area (TPSA) is 114 Å². The molecule has 1 unspecified atom stereocenters. The molecule has 0 amide bonds. The van der Waals surface area contributed by atoms with Gasteiger partial charge in [0.25, 0.3) is 5.56 Å². The molecule has 122 valence electrons. The number of esters is 1. The van der Waals surface area contributed by atoms with Crippen molar-refractivity contribution >= 4 is 28.0 Å². The van der Waals surface area contributed by atoms with Gasteiger partial charge in [-0.3, -0.25) is 19.1 Å². The normalized spacial score (nSPS) is 23.8. The first kappa shape index (κ1) is 17.2. The maximum absolute atomic E-state index is 12.0. The number of carbonyl (C=O) groups is 1. The lowest BCUT2D eigenvalue weighted by molar-refractivity contribution is -0.149. The quantitative estimate of drug-likeness (QED) is 0.776. The lowest BCUT2D eigenvalue weighted by atomic mass is 10.1. The Bertz CT molecular complexity index is 776. The highest BCUT2D eigenvalue weighted by Gasteiger charge is 2.38. The number of hydrogen-bond donors (Lipinski definition) is 1. The molecule has 1 saturated heterocycles. The molecule has 2 rings (SSSR count). The number of nitrogens with zero attached hydrogens (tertiary/aromatic N) is 2. The zero-order valence-corrected chi connectivity index (χ0v) is 13.8. The summed E-state index contributed by atoms with van der Waals surface area (Å²) in [6.45, 7) is 1.27.